The Labute approximate surface area is 121 Å². The predicted molar refractivity (Wildman–Crippen MR) is 76.7 cm³/mol. The minimum absolute atomic E-state index is 0.306. The normalized spacial score (nSPS) is 9.95. The van der Waals surface area contributed by atoms with Crippen LogP contribution in [0.4, 0.5) is 5.82 Å². The molecule has 0 saturated heterocycles. The zero-order valence-corrected chi connectivity index (χ0v) is 11.8. The Morgan fingerprint density at radius 2 is 1.90 bits per heavy atom. The molecule has 6 heteroatoms. The average Bonchev–Trinajstić information content (AvgIpc) is 2.46. The molecular formula is C14H13ClN2O3. The first-order valence-electron chi connectivity index (χ1n) is 5.80. The number of nitrogens with zero attached hydrogens (tertiary/aromatic N) is 1. The summed E-state index contributed by atoms with van der Waals surface area (Å²) in [6, 6.07) is 10.0. The van der Waals surface area contributed by atoms with E-state index in [1.54, 1.807) is 36.4 Å². The van der Waals surface area contributed by atoms with Crippen molar-refractivity contribution in [3.05, 3.63) is 47.1 Å². The van der Waals surface area contributed by atoms with Crippen molar-refractivity contribution >= 4 is 23.3 Å². The van der Waals surface area contributed by atoms with Gasteiger partial charge in [0.2, 0.25) is 0 Å². The Morgan fingerprint density at radius 3 is 2.55 bits per heavy atom. The molecule has 0 radical (unpaired) electrons. The van der Waals surface area contributed by atoms with Gasteiger partial charge in [0.15, 0.2) is 11.5 Å². The van der Waals surface area contributed by atoms with E-state index in [1.165, 1.54) is 14.2 Å². The highest BCUT2D eigenvalue weighted by Gasteiger charge is 2.16. The van der Waals surface area contributed by atoms with E-state index >= 15 is 0 Å². The lowest BCUT2D eigenvalue weighted by Crippen LogP contribution is -2.14. The van der Waals surface area contributed by atoms with Crippen LogP contribution in [0, 0.1) is 0 Å². The van der Waals surface area contributed by atoms with E-state index < -0.39 is 0 Å². The van der Waals surface area contributed by atoms with Crippen LogP contribution in [-0.4, -0.2) is 25.1 Å². The predicted octanol–water partition coefficient (Wildman–Crippen LogP) is 3.00. The minimum Gasteiger partial charge on any atom is -0.493 e. The number of anilines is 1. The highest BCUT2D eigenvalue weighted by Crippen LogP contribution is 2.31. The Morgan fingerprint density at radius 1 is 1.15 bits per heavy atom. The number of nitrogens with one attached hydrogen (secondary N) is 1. The molecule has 5 nitrogen and oxygen atoms in total. The second kappa shape index (κ2) is 6.25. The number of rotatable bonds is 4. The van der Waals surface area contributed by atoms with Crippen LogP contribution < -0.4 is 14.8 Å². The molecule has 0 aliphatic carbocycles. The topological polar surface area (TPSA) is 60.5 Å². The number of benzene rings is 1. The van der Waals surface area contributed by atoms with Gasteiger partial charge in [0.05, 0.1) is 19.8 Å². The van der Waals surface area contributed by atoms with Gasteiger partial charge in [0.1, 0.15) is 11.0 Å². The van der Waals surface area contributed by atoms with E-state index in [0.29, 0.717) is 28.0 Å². The van der Waals surface area contributed by atoms with E-state index in [2.05, 4.69) is 10.3 Å². The minimum atomic E-state index is -0.351. The molecule has 1 amide bonds. The first-order chi connectivity index (χ1) is 9.65. The van der Waals surface area contributed by atoms with Crippen molar-refractivity contribution in [1.29, 1.82) is 0 Å². The Bertz CT molecular complexity index is 632. The maximum atomic E-state index is 12.2. The van der Waals surface area contributed by atoms with Gasteiger partial charge in [-0.3, -0.25) is 4.79 Å². The van der Waals surface area contributed by atoms with E-state index in [9.17, 15) is 4.79 Å². The van der Waals surface area contributed by atoms with E-state index in [-0.39, 0.29) is 5.91 Å². The Kier molecular flexibility index (Phi) is 4.42. The molecule has 20 heavy (non-hydrogen) atoms. The van der Waals surface area contributed by atoms with Crippen molar-refractivity contribution in [2.45, 2.75) is 0 Å². The van der Waals surface area contributed by atoms with E-state index in [1.807, 2.05) is 0 Å². The van der Waals surface area contributed by atoms with Gasteiger partial charge in [-0.1, -0.05) is 23.7 Å². The van der Waals surface area contributed by atoms with Crippen molar-refractivity contribution < 1.29 is 14.3 Å². The van der Waals surface area contributed by atoms with Gasteiger partial charge in [-0.05, 0) is 24.3 Å². The van der Waals surface area contributed by atoms with Gasteiger partial charge >= 0.3 is 0 Å². The van der Waals surface area contributed by atoms with Crippen molar-refractivity contribution in [2.24, 2.45) is 0 Å². The monoisotopic (exact) mass is 292 g/mol. The van der Waals surface area contributed by atoms with Crippen LogP contribution in [0.25, 0.3) is 0 Å². The fraction of sp³-hybridized carbons (Fsp3) is 0.143. The molecule has 0 fully saturated rings. The lowest BCUT2D eigenvalue weighted by atomic mass is 10.1. The zero-order valence-electron chi connectivity index (χ0n) is 11.0. The van der Waals surface area contributed by atoms with Crippen LogP contribution in [-0.2, 0) is 0 Å². The fourth-order valence-electron chi connectivity index (χ4n) is 1.73. The molecule has 0 saturated carbocycles. The maximum Gasteiger partial charge on any atom is 0.260 e. The van der Waals surface area contributed by atoms with Crippen molar-refractivity contribution in [2.75, 3.05) is 19.5 Å². The second-order valence-electron chi connectivity index (χ2n) is 3.84. The summed E-state index contributed by atoms with van der Waals surface area (Å²) in [6.07, 6.45) is 0. The van der Waals surface area contributed by atoms with Gasteiger partial charge in [-0.2, -0.15) is 0 Å². The summed E-state index contributed by atoms with van der Waals surface area (Å²) in [7, 11) is 2.99. The molecule has 0 aliphatic heterocycles. The van der Waals surface area contributed by atoms with Crippen LogP contribution in [0.3, 0.4) is 0 Å². The number of carbonyl (C=O) groups is 1. The quantitative estimate of drug-likeness (QED) is 0.880. The number of carbonyl (C=O) groups excluding carboxylic acids is 1. The van der Waals surface area contributed by atoms with Gasteiger partial charge in [0, 0.05) is 0 Å². The molecule has 0 bridgehead atoms. The maximum absolute atomic E-state index is 12.2. The lowest BCUT2D eigenvalue weighted by molar-refractivity contribution is 0.102. The molecule has 2 aromatic rings. The first kappa shape index (κ1) is 14.1. The number of amides is 1. The summed E-state index contributed by atoms with van der Waals surface area (Å²) in [5.74, 6) is 0.872. The molecular weight excluding hydrogens is 280 g/mol. The molecule has 0 aliphatic rings. The number of halogens is 1. The molecule has 0 atom stereocenters. The smallest absolute Gasteiger partial charge is 0.260 e. The molecule has 104 valence electrons. The zero-order chi connectivity index (χ0) is 14.5. The largest absolute Gasteiger partial charge is 0.493 e. The Hall–Kier alpha value is -2.27. The first-order valence-corrected chi connectivity index (χ1v) is 6.18. The van der Waals surface area contributed by atoms with Crippen LogP contribution in [0.1, 0.15) is 10.4 Å². The van der Waals surface area contributed by atoms with Gasteiger partial charge in [0.25, 0.3) is 5.91 Å². The summed E-state index contributed by atoms with van der Waals surface area (Å²) in [4.78, 5) is 16.2. The number of methoxy groups -OCH3 is 2. The summed E-state index contributed by atoms with van der Waals surface area (Å²) in [6.45, 7) is 0. The highest BCUT2D eigenvalue weighted by molar-refractivity contribution is 6.29. The molecule has 0 unspecified atom stereocenters. The van der Waals surface area contributed by atoms with E-state index in [0.717, 1.165) is 0 Å². The third-order valence-corrected chi connectivity index (χ3v) is 2.81. The van der Waals surface area contributed by atoms with Gasteiger partial charge in [-0.25, -0.2) is 4.98 Å². The summed E-state index contributed by atoms with van der Waals surface area (Å²) < 4.78 is 10.4. The summed E-state index contributed by atoms with van der Waals surface area (Å²) in [5, 5.41) is 2.96. The average molecular weight is 293 g/mol. The van der Waals surface area contributed by atoms with Crippen LogP contribution in [0.15, 0.2) is 36.4 Å². The number of para-hydroxylation sites is 1. The van der Waals surface area contributed by atoms with E-state index in [4.69, 9.17) is 21.1 Å². The van der Waals surface area contributed by atoms with Crippen LogP contribution in [0.5, 0.6) is 11.5 Å². The van der Waals surface area contributed by atoms with Gasteiger partial charge in [-0.15, -0.1) is 0 Å². The molecule has 2 rings (SSSR count). The molecule has 1 aromatic heterocycles. The number of ether oxygens (including phenoxy) is 2. The summed E-state index contributed by atoms with van der Waals surface area (Å²) >= 11 is 5.77. The standard InChI is InChI=1S/C14H13ClN2O3/c1-19-10-6-3-5-9(13(10)20-2)14(18)17-12-8-4-7-11(15)16-12/h3-8H,1-2H3,(H,16,17,18). The third kappa shape index (κ3) is 3.00. The second-order valence-corrected chi connectivity index (χ2v) is 4.23. The molecule has 1 heterocycles. The summed E-state index contributed by atoms with van der Waals surface area (Å²) in [5.41, 5.74) is 0.355. The van der Waals surface area contributed by atoms with Crippen LogP contribution in [0.2, 0.25) is 5.15 Å². The fourth-order valence-corrected chi connectivity index (χ4v) is 1.89. The van der Waals surface area contributed by atoms with Gasteiger partial charge < -0.3 is 14.8 Å². The number of hydrogen-bond acceptors (Lipinski definition) is 4. The lowest BCUT2D eigenvalue weighted by Gasteiger charge is -2.12. The van der Waals surface area contributed by atoms with Crippen molar-refractivity contribution in [3.63, 3.8) is 0 Å². The number of hydrogen-bond donors (Lipinski definition) is 1. The number of pyridine rings is 1. The van der Waals surface area contributed by atoms with Crippen molar-refractivity contribution in [1.82, 2.24) is 4.98 Å². The molecule has 1 N–H and O–H groups in total. The number of aromatic nitrogens is 1. The molecule has 0 spiro atoms. The Balaban J connectivity index is 2.30. The van der Waals surface area contributed by atoms with Crippen LogP contribution >= 0.6 is 11.6 Å². The third-order valence-electron chi connectivity index (χ3n) is 2.60. The highest BCUT2D eigenvalue weighted by atomic mass is 35.5. The SMILES string of the molecule is COc1cccc(C(=O)Nc2cccc(Cl)n2)c1OC. The molecule has 1 aromatic carbocycles. The van der Waals surface area contributed by atoms with Crippen molar-refractivity contribution in [3.8, 4) is 11.5 Å².